The van der Waals surface area contributed by atoms with Gasteiger partial charge in [0.05, 0.1) is 39.6 Å². The maximum Gasteiger partial charge on any atom is 0.194 e. The minimum atomic E-state index is -1.03. The van der Waals surface area contributed by atoms with E-state index >= 15 is 0 Å². The number of aliphatic hydroxyl groups is 1. The first-order valence-electron chi connectivity index (χ1n) is 9.75. The van der Waals surface area contributed by atoms with Crippen LogP contribution in [-0.2, 0) is 14.2 Å². The van der Waals surface area contributed by atoms with Crippen LogP contribution in [-0.4, -0.2) is 69.2 Å². The highest BCUT2D eigenvalue weighted by Crippen LogP contribution is 2.43. The Morgan fingerprint density at radius 2 is 1.07 bits per heavy atom. The minimum absolute atomic E-state index is 0. The van der Waals surface area contributed by atoms with Gasteiger partial charge in [-0.25, -0.2) is 0 Å². The van der Waals surface area contributed by atoms with Gasteiger partial charge in [0.15, 0.2) is 5.78 Å². The fourth-order valence-electron chi connectivity index (χ4n) is 3.55. The van der Waals surface area contributed by atoms with Crippen LogP contribution >= 0.6 is 0 Å². The Morgan fingerprint density at radius 3 is 1.50 bits per heavy atom. The normalized spacial score (nSPS) is 18.2. The Balaban J connectivity index is 0.00000256. The fourth-order valence-corrected chi connectivity index (χ4v) is 3.55. The highest BCUT2D eigenvalue weighted by atomic mass is 16.6. The maximum atomic E-state index is 13.1. The molecule has 0 fully saturated rings. The van der Waals surface area contributed by atoms with Crippen LogP contribution in [0.3, 0.4) is 0 Å². The lowest BCUT2D eigenvalue weighted by atomic mass is 9.82. The van der Waals surface area contributed by atoms with Crippen molar-refractivity contribution in [2.45, 2.75) is 6.10 Å². The van der Waals surface area contributed by atoms with Crippen LogP contribution in [0, 0.1) is 0 Å². The molecule has 2 aromatic rings. The molecule has 0 saturated heterocycles. The summed E-state index contributed by atoms with van der Waals surface area (Å²) in [5, 5.41) is 11.2. The Labute approximate surface area is 174 Å². The summed E-state index contributed by atoms with van der Waals surface area (Å²) in [5.41, 5.74) is 1.79. The fraction of sp³-hybridized carbons (Fsp3) is 0.409. The molecule has 0 amide bonds. The average Bonchev–Trinajstić information content (AvgIpc) is 2.74. The summed E-state index contributed by atoms with van der Waals surface area (Å²) in [5.74, 6) is 0.774. The zero-order valence-electron chi connectivity index (χ0n) is 16.6. The molecule has 8 nitrogen and oxygen atoms in total. The molecule has 0 radical (unpaired) electrons. The molecule has 1 aliphatic carbocycles. The summed E-state index contributed by atoms with van der Waals surface area (Å²) >= 11 is 0. The lowest BCUT2D eigenvalue weighted by Crippen LogP contribution is -2.22. The Kier molecular flexibility index (Phi) is 7.78. The van der Waals surface area contributed by atoms with Crippen LogP contribution in [0.15, 0.2) is 36.4 Å². The number of aliphatic hydroxyl groups excluding tert-OH is 1. The molecule has 1 heterocycles. The van der Waals surface area contributed by atoms with Crippen molar-refractivity contribution < 1.29 is 39.1 Å². The van der Waals surface area contributed by atoms with Crippen LogP contribution in [0.5, 0.6) is 11.5 Å². The van der Waals surface area contributed by atoms with E-state index in [0.29, 0.717) is 86.6 Å². The second-order valence-corrected chi connectivity index (χ2v) is 6.70. The first kappa shape index (κ1) is 22.2. The molecule has 0 saturated carbocycles. The molecule has 4 rings (SSSR count). The molecule has 0 atom stereocenters. The molecule has 2 aliphatic rings. The maximum absolute atomic E-state index is 13.1. The number of hydrogen-bond donors (Lipinski definition) is 1. The van der Waals surface area contributed by atoms with Gasteiger partial charge < -0.3 is 34.3 Å². The van der Waals surface area contributed by atoms with E-state index in [1.54, 1.807) is 36.4 Å². The zero-order valence-corrected chi connectivity index (χ0v) is 16.6. The Hall–Kier alpha value is -2.49. The van der Waals surface area contributed by atoms with E-state index in [1.165, 1.54) is 0 Å². The monoisotopic (exact) mass is 418 g/mol. The van der Waals surface area contributed by atoms with Gasteiger partial charge in [-0.2, -0.15) is 0 Å². The number of hydrogen-bond acceptors (Lipinski definition) is 7. The quantitative estimate of drug-likeness (QED) is 0.686. The number of carbonyl (C=O) groups excluding carboxylic acids is 1. The van der Waals surface area contributed by atoms with Crippen molar-refractivity contribution in [3.05, 3.63) is 58.7 Å². The number of ether oxygens (including phenoxy) is 5. The Morgan fingerprint density at radius 1 is 0.667 bits per heavy atom. The van der Waals surface area contributed by atoms with E-state index in [1.807, 2.05) is 0 Å². The van der Waals surface area contributed by atoms with Gasteiger partial charge in [0.1, 0.15) is 30.8 Å². The number of carbonyl (C=O) groups is 1. The van der Waals surface area contributed by atoms with Gasteiger partial charge in [-0.1, -0.05) is 24.3 Å². The second-order valence-electron chi connectivity index (χ2n) is 6.70. The van der Waals surface area contributed by atoms with Crippen molar-refractivity contribution in [1.29, 1.82) is 0 Å². The third kappa shape index (κ3) is 4.63. The smallest absolute Gasteiger partial charge is 0.194 e. The standard InChI is InChI=1S/C22H24O7.H2O/c23-21-15-3-1-5-17-19(15)22(24)20-16(21)4-2-6-18(20)29-14-12-27-10-8-25-7-9-26-11-13-28-17;/h1-6,22,24H,7-14H2;1H2. The summed E-state index contributed by atoms with van der Waals surface area (Å²) in [4.78, 5) is 13.1. The molecule has 0 spiro atoms. The molecule has 30 heavy (non-hydrogen) atoms. The predicted octanol–water partition coefficient (Wildman–Crippen LogP) is 1.31. The number of ketones is 1. The van der Waals surface area contributed by atoms with Gasteiger partial charge >= 0.3 is 0 Å². The van der Waals surface area contributed by atoms with Gasteiger partial charge in [0.25, 0.3) is 0 Å². The Bertz CT molecular complexity index is 799. The van der Waals surface area contributed by atoms with Crippen LogP contribution < -0.4 is 9.47 Å². The highest BCUT2D eigenvalue weighted by Gasteiger charge is 2.34. The molecule has 162 valence electrons. The number of rotatable bonds is 0. The summed E-state index contributed by atoms with van der Waals surface area (Å²) < 4.78 is 28.1. The van der Waals surface area contributed by atoms with Gasteiger partial charge in [0, 0.05) is 22.3 Å². The lowest BCUT2D eigenvalue weighted by Gasteiger charge is -2.27. The molecule has 0 aromatic heterocycles. The molecule has 1 aliphatic heterocycles. The topological polar surface area (TPSA) is 115 Å². The van der Waals surface area contributed by atoms with E-state index in [9.17, 15) is 9.90 Å². The van der Waals surface area contributed by atoms with Crippen LogP contribution in [0.1, 0.15) is 33.2 Å². The molecule has 2 aromatic carbocycles. The largest absolute Gasteiger partial charge is 0.491 e. The first-order chi connectivity index (χ1) is 14.3. The van der Waals surface area contributed by atoms with Crippen molar-refractivity contribution in [2.24, 2.45) is 0 Å². The van der Waals surface area contributed by atoms with E-state index in [4.69, 9.17) is 23.7 Å². The SMILES string of the molecule is O.O=C1c2cccc3c2C(O)c2c(cccc21)OCCOCCOCCOCCO3. The molecular formula is C22H26O8. The summed E-state index contributed by atoms with van der Waals surface area (Å²) in [6, 6.07) is 10.4. The first-order valence-corrected chi connectivity index (χ1v) is 9.75. The zero-order chi connectivity index (χ0) is 20.1. The van der Waals surface area contributed by atoms with Gasteiger partial charge in [0.2, 0.25) is 0 Å². The van der Waals surface area contributed by atoms with Crippen molar-refractivity contribution in [3.63, 3.8) is 0 Å². The highest BCUT2D eigenvalue weighted by molar-refractivity contribution is 6.13. The molecule has 0 unspecified atom stereocenters. The molecule has 8 heteroatoms. The van der Waals surface area contributed by atoms with Crippen LogP contribution in [0.2, 0.25) is 0 Å². The van der Waals surface area contributed by atoms with E-state index in [-0.39, 0.29) is 11.3 Å². The minimum Gasteiger partial charge on any atom is -0.491 e. The van der Waals surface area contributed by atoms with Crippen molar-refractivity contribution in [3.8, 4) is 11.5 Å². The third-order valence-corrected chi connectivity index (χ3v) is 4.88. The average molecular weight is 418 g/mol. The molecular weight excluding hydrogens is 392 g/mol. The van der Waals surface area contributed by atoms with Crippen LogP contribution in [0.25, 0.3) is 0 Å². The summed E-state index contributed by atoms with van der Waals surface area (Å²) in [6.07, 6.45) is -1.03. The van der Waals surface area contributed by atoms with E-state index in [0.717, 1.165) is 0 Å². The van der Waals surface area contributed by atoms with Crippen LogP contribution in [0.4, 0.5) is 0 Å². The van der Waals surface area contributed by atoms with E-state index in [2.05, 4.69) is 0 Å². The van der Waals surface area contributed by atoms with Gasteiger partial charge in [-0.3, -0.25) is 4.79 Å². The second kappa shape index (κ2) is 10.5. The molecule has 3 N–H and O–H groups in total. The number of benzene rings is 2. The predicted molar refractivity (Wildman–Crippen MR) is 107 cm³/mol. The van der Waals surface area contributed by atoms with Crippen molar-refractivity contribution in [1.82, 2.24) is 0 Å². The third-order valence-electron chi connectivity index (χ3n) is 4.88. The van der Waals surface area contributed by atoms with Crippen molar-refractivity contribution in [2.75, 3.05) is 52.9 Å². The van der Waals surface area contributed by atoms with Crippen molar-refractivity contribution >= 4 is 5.78 Å². The molecule has 2 bridgehead atoms. The summed E-state index contributed by atoms with van der Waals surface area (Å²) in [7, 11) is 0. The lowest BCUT2D eigenvalue weighted by molar-refractivity contribution is 0.00445. The van der Waals surface area contributed by atoms with Gasteiger partial charge in [-0.05, 0) is 12.1 Å². The van der Waals surface area contributed by atoms with E-state index < -0.39 is 6.10 Å². The summed E-state index contributed by atoms with van der Waals surface area (Å²) in [6.45, 7) is 3.20. The van der Waals surface area contributed by atoms with Gasteiger partial charge in [-0.15, -0.1) is 0 Å².